The van der Waals surface area contributed by atoms with Crippen LogP contribution in [-0.2, 0) is 4.74 Å². The molecule has 0 bridgehead atoms. The monoisotopic (exact) mass is 196 g/mol. The molecule has 14 heavy (non-hydrogen) atoms. The molecule has 0 fully saturated rings. The van der Waals surface area contributed by atoms with Gasteiger partial charge in [0.05, 0.1) is 6.10 Å². The molecule has 3 heteroatoms. The summed E-state index contributed by atoms with van der Waals surface area (Å²) in [5, 5.41) is 9.20. The lowest BCUT2D eigenvalue weighted by atomic mass is 10.3. The first-order valence-corrected chi connectivity index (χ1v) is 4.67. The van der Waals surface area contributed by atoms with Crippen LogP contribution in [0.2, 0.25) is 0 Å². The summed E-state index contributed by atoms with van der Waals surface area (Å²) in [5.41, 5.74) is 0. The highest BCUT2D eigenvalue weighted by atomic mass is 16.5. The number of phenolic OH excluding ortho intramolecular Hbond substituents is 1. The highest BCUT2D eigenvalue weighted by Gasteiger charge is 2.03. The second kappa shape index (κ2) is 5.50. The highest BCUT2D eigenvalue weighted by molar-refractivity contribution is 5.31. The summed E-state index contributed by atoms with van der Waals surface area (Å²) in [4.78, 5) is 0. The fourth-order valence-corrected chi connectivity index (χ4v) is 1.13. The van der Waals surface area contributed by atoms with Crippen molar-refractivity contribution in [2.24, 2.45) is 0 Å². The minimum Gasteiger partial charge on any atom is -0.508 e. The van der Waals surface area contributed by atoms with Crippen molar-refractivity contribution in [1.29, 1.82) is 0 Å². The molecular formula is C11H16O3. The Kier molecular flexibility index (Phi) is 4.26. The Labute approximate surface area is 84.3 Å². The van der Waals surface area contributed by atoms with E-state index in [2.05, 4.69) is 0 Å². The van der Waals surface area contributed by atoms with Gasteiger partial charge in [0.15, 0.2) is 0 Å². The lowest BCUT2D eigenvalue weighted by Crippen LogP contribution is -2.13. The van der Waals surface area contributed by atoms with Gasteiger partial charge in [-0.05, 0) is 19.1 Å². The molecule has 1 atom stereocenters. The molecule has 1 N–H and O–H groups in total. The molecule has 0 saturated heterocycles. The number of hydrogen-bond donors (Lipinski definition) is 1. The molecule has 78 valence electrons. The first-order valence-electron chi connectivity index (χ1n) is 4.67. The zero-order valence-electron chi connectivity index (χ0n) is 8.56. The van der Waals surface area contributed by atoms with Crippen LogP contribution in [0.15, 0.2) is 24.3 Å². The van der Waals surface area contributed by atoms with Gasteiger partial charge in [-0.25, -0.2) is 0 Å². The maximum atomic E-state index is 9.20. The largest absolute Gasteiger partial charge is 0.508 e. The molecule has 0 aliphatic carbocycles. The topological polar surface area (TPSA) is 38.7 Å². The molecular weight excluding hydrogens is 180 g/mol. The van der Waals surface area contributed by atoms with Gasteiger partial charge in [-0.3, -0.25) is 0 Å². The molecule has 0 amide bonds. The van der Waals surface area contributed by atoms with Crippen LogP contribution in [0.3, 0.4) is 0 Å². The zero-order chi connectivity index (χ0) is 10.4. The molecule has 0 aliphatic heterocycles. The van der Waals surface area contributed by atoms with Gasteiger partial charge in [0.1, 0.15) is 11.5 Å². The van der Waals surface area contributed by atoms with Crippen LogP contribution in [0.1, 0.15) is 13.3 Å². The van der Waals surface area contributed by atoms with Gasteiger partial charge in [0.2, 0.25) is 0 Å². The van der Waals surface area contributed by atoms with E-state index < -0.39 is 0 Å². The average Bonchev–Trinajstić information content (AvgIpc) is 2.15. The minimum atomic E-state index is 0.0942. The number of phenols is 1. The quantitative estimate of drug-likeness (QED) is 0.784. The zero-order valence-corrected chi connectivity index (χ0v) is 8.56. The lowest BCUT2D eigenvalue weighted by Gasteiger charge is -2.14. The van der Waals surface area contributed by atoms with E-state index in [1.54, 1.807) is 25.3 Å². The van der Waals surface area contributed by atoms with Gasteiger partial charge < -0.3 is 14.6 Å². The highest BCUT2D eigenvalue weighted by Crippen LogP contribution is 2.19. The molecule has 0 aliphatic rings. The van der Waals surface area contributed by atoms with Gasteiger partial charge in [0, 0.05) is 26.2 Å². The minimum absolute atomic E-state index is 0.0942. The molecule has 1 rings (SSSR count). The third kappa shape index (κ3) is 3.66. The van der Waals surface area contributed by atoms with E-state index in [1.807, 2.05) is 13.0 Å². The summed E-state index contributed by atoms with van der Waals surface area (Å²) in [6.45, 7) is 2.66. The van der Waals surface area contributed by atoms with Crippen molar-refractivity contribution in [3.8, 4) is 11.5 Å². The van der Waals surface area contributed by atoms with Gasteiger partial charge in [-0.15, -0.1) is 0 Å². The predicted octanol–water partition coefficient (Wildman–Crippen LogP) is 2.20. The Hall–Kier alpha value is -1.22. The Morgan fingerprint density at radius 1 is 1.43 bits per heavy atom. The maximum absolute atomic E-state index is 9.20. The van der Waals surface area contributed by atoms with Crippen molar-refractivity contribution < 1.29 is 14.6 Å². The van der Waals surface area contributed by atoms with Crippen LogP contribution >= 0.6 is 0 Å². The van der Waals surface area contributed by atoms with Crippen molar-refractivity contribution in [1.82, 2.24) is 0 Å². The van der Waals surface area contributed by atoms with Crippen LogP contribution in [0.5, 0.6) is 11.5 Å². The molecule has 0 radical (unpaired) electrons. The fraction of sp³-hybridized carbons (Fsp3) is 0.455. The van der Waals surface area contributed by atoms with Gasteiger partial charge in [-0.2, -0.15) is 0 Å². The Morgan fingerprint density at radius 2 is 2.21 bits per heavy atom. The summed E-state index contributed by atoms with van der Waals surface area (Å²) >= 11 is 0. The second-order valence-corrected chi connectivity index (χ2v) is 3.21. The SMILES string of the molecule is COCCC(C)Oc1cccc(O)c1. The molecule has 1 aromatic carbocycles. The summed E-state index contributed by atoms with van der Waals surface area (Å²) < 4.78 is 10.5. The Balaban J connectivity index is 2.43. The third-order valence-corrected chi connectivity index (χ3v) is 1.88. The number of ether oxygens (including phenoxy) is 2. The lowest BCUT2D eigenvalue weighted by molar-refractivity contribution is 0.135. The number of methoxy groups -OCH3 is 1. The van der Waals surface area contributed by atoms with E-state index in [-0.39, 0.29) is 11.9 Å². The summed E-state index contributed by atoms with van der Waals surface area (Å²) in [6.07, 6.45) is 0.934. The second-order valence-electron chi connectivity index (χ2n) is 3.21. The van der Waals surface area contributed by atoms with E-state index >= 15 is 0 Å². The summed E-state index contributed by atoms with van der Waals surface area (Å²) in [5.74, 6) is 0.912. The maximum Gasteiger partial charge on any atom is 0.123 e. The smallest absolute Gasteiger partial charge is 0.123 e. The van der Waals surface area contributed by atoms with E-state index in [1.165, 1.54) is 0 Å². The number of aromatic hydroxyl groups is 1. The van der Waals surface area contributed by atoms with E-state index in [0.717, 1.165) is 6.42 Å². The van der Waals surface area contributed by atoms with Gasteiger partial charge in [0.25, 0.3) is 0 Å². The van der Waals surface area contributed by atoms with E-state index in [9.17, 15) is 5.11 Å². The molecule has 1 unspecified atom stereocenters. The van der Waals surface area contributed by atoms with Gasteiger partial charge in [-0.1, -0.05) is 6.07 Å². The van der Waals surface area contributed by atoms with Crippen LogP contribution in [0.4, 0.5) is 0 Å². The Bertz CT molecular complexity index is 273. The van der Waals surface area contributed by atoms with Crippen LogP contribution in [-0.4, -0.2) is 24.9 Å². The van der Waals surface area contributed by atoms with E-state index in [0.29, 0.717) is 12.4 Å². The number of benzene rings is 1. The van der Waals surface area contributed by atoms with Crippen LogP contribution in [0.25, 0.3) is 0 Å². The van der Waals surface area contributed by atoms with Crippen LogP contribution in [0, 0.1) is 0 Å². The van der Waals surface area contributed by atoms with Crippen molar-refractivity contribution in [2.75, 3.05) is 13.7 Å². The van der Waals surface area contributed by atoms with Crippen molar-refractivity contribution in [2.45, 2.75) is 19.4 Å². The number of rotatable bonds is 5. The standard InChI is InChI=1S/C11H16O3/c1-9(6-7-13-2)14-11-5-3-4-10(12)8-11/h3-5,8-9,12H,6-7H2,1-2H3. The first-order chi connectivity index (χ1) is 6.72. The van der Waals surface area contributed by atoms with Crippen molar-refractivity contribution in [3.63, 3.8) is 0 Å². The molecule has 0 aromatic heterocycles. The molecule has 0 spiro atoms. The van der Waals surface area contributed by atoms with Gasteiger partial charge >= 0.3 is 0 Å². The van der Waals surface area contributed by atoms with Crippen molar-refractivity contribution >= 4 is 0 Å². The first kappa shape index (κ1) is 10.9. The van der Waals surface area contributed by atoms with Crippen LogP contribution < -0.4 is 4.74 Å². The molecule has 3 nitrogen and oxygen atoms in total. The predicted molar refractivity (Wildman–Crippen MR) is 54.7 cm³/mol. The summed E-state index contributed by atoms with van der Waals surface area (Å²) in [6, 6.07) is 6.80. The summed E-state index contributed by atoms with van der Waals surface area (Å²) in [7, 11) is 1.67. The normalized spacial score (nSPS) is 12.4. The molecule has 0 heterocycles. The number of hydrogen-bond acceptors (Lipinski definition) is 3. The van der Waals surface area contributed by atoms with Crippen molar-refractivity contribution in [3.05, 3.63) is 24.3 Å². The molecule has 1 aromatic rings. The third-order valence-electron chi connectivity index (χ3n) is 1.88. The molecule has 0 saturated carbocycles. The fourth-order valence-electron chi connectivity index (χ4n) is 1.13. The average molecular weight is 196 g/mol. The van der Waals surface area contributed by atoms with E-state index in [4.69, 9.17) is 9.47 Å². The Morgan fingerprint density at radius 3 is 2.86 bits per heavy atom.